The molecule has 10 heteroatoms. The highest BCUT2D eigenvalue weighted by Crippen LogP contribution is 2.34. The smallest absolute Gasteiger partial charge is 0.269 e. The molecule has 0 radical (unpaired) electrons. The Kier molecular flexibility index (Phi) is 5.59. The Labute approximate surface area is 160 Å². The molecule has 1 aliphatic rings. The highest BCUT2D eigenvalue weighted by Gasteiger charge is 2.22. The first-order valence-electron chi connectivity index (χ1n) is 8.74. The van der Waals surface area contributed by atoms with Crippen molar-refractivity contribution in [2.24, 2.45) is 0 Å². The zero-order chi connectivity index (χ0) is 20.3. The van der Waals surface area contributed by atoms with Crippen LogP contribution in [0.15, 0.2) is 36.4 Å². The van der Waals surface area contributed by atoms with Gasteiger partial charge in [0.2, 0.25) is 0 Å². The molecular weight excluding hydrogens is 368 g/mol. The number of nitro groups is 2. The summed E-state index contributed by atoms with van der Waals surface area (Å²) in [7, 11) is 1.32. The Morgan fingerprint density at radius 2 is 1.71 bits per heavy atom. The molecule has 1 saturated heterocycles. The second-order valence-corrected chi connectivity index (χ2v) is 6.59. The summed E-state index contributed by atoms with van der Waals surface area (Å²) in [5, 5.41) is 33.8. The average Bonchev–Trinajstić information content (AvgIpc) is 2.69. The van der Waals surface area contributed by atoms with Gasteiger partial charge in [0.15, 0.2) is 0 Å². The molecule has 0 aliphatic carbocycles. The topological polar surface area (TPSA) is 126 Å². The van der Waals surface area contributed by atoms with E-state index in [9.17, 15) is 25.3 Å². The number of non-ortho nitro benzene ring substituents is 1. The lowest BCUT2D eigenvalue weighted by atomic mass is 10.1. The van der Waals surface area contributed by atoms with E-state index < -0.39 is 21.3 Å². The number of anilines is 1. The third kappa shape index (κ3) is 4.12. The van der Waals surface area contributed by atoms with Gasteiger partial charge in [-0.3, -0.25) is 20.2 Å². The van der Waals surface area contributed by atoms with Crippen molar-refractivity contribution in [2.45, 2.75) is 6.54 Å². The third-order valence-corrected chi connectivity index (χ3v) is 4.86. The van der Waals surface area contributed by atoms with E-state index in [2.05, 4.69) is 4.90 Å². The first-order chi connectivity index (χ1) is 13.4. The van der Waals surface area contributed by atoms with Crippen LogP contribution in [0.5, 0.6) is 11.5 Å². The van der Waals surface area contributed by atoms with Gasteiger partial charge in [0.05, 0.1) is 43.1 Å². The number of nitro benzene ring substituents is 2. The number of nitrogens with zero attached hydrogens (tertiary/aromatic N) is 3. The largest absolute Gasteiger partial charge is 0.865 e. The fraction of sp³-hybridized carbons (Fsp3) is 0.333. The number of hydrogen-bond acceptors (Lipinski definition) is 7. The molecule has 148 valence electrons. The molecular formula is C18H20N4O6. The minimum atomic E-state index is -0.714. The van der Waals surface area contributed by atoms with Gasteiger partial charge in [0.25, 0.3) is 11.4 Å². The molecule has 0 unspecified atom stereocenters. The second kappa shape index (κ2) is 8.09. The van der Waals surface area contributed by atoms with Gasteiger partial charge in [-0.25, -0.2) is 0 Å². The number of rotatable bonds is 6. The van der Waals surface area contributed by atoms with Crippen LogP contribution in [0.1, 0.15) is 5.56 Å². The Morgan fingerprint density at radius 1 is 1.07 bits per heavy atom. The lowest BCUT2D eigenvalue weighted by molar-refractivity contribution is -0.914. The number of quaternary nitrogens is 1. The monoisotopic (exact) mass is 388 g/mol. The zero-order valence-electron chi connectivity index (χ0n) is 15.3. The molecule has 3 rings (SSSR count). The molecule has 0 atom stereocenters. The van der Waals surface area contributed by atoms with Crippen LogP contribution in [0, 0.1) is 20.2 Å². The Bertz CT molecular complexity index is 878. The van der Waals surface area contributed by atoms with Crippen LogP contribution in [0.25, 0.3) is 0 Å². The fourth-order valence-corrected chi connectivity index (χ4v) is 3.36. The van der Waals surface area contributed by atoms with Crippen molar-refractivity contribution in [3.63, 3.8) is 0 Å². The second-order valence-electron chi connectivity index (χ2n) is 6.59. The van der Waals surface area contributed by atoms with E-state index in [0.29, 0.717) is 12.1 Å². The molecule has 1 N–H and O–H groups in total. The molecule has 2 aromatic rings. The third-order valence-electron chi connectivity index (χ3n) is 4.86. The number of nitrogens with one attached hydrogen (secondary N) is 1. The first kappa shape index (κ1) is 19.4. The summed E-state index contributed by atoms with van der Waals surface area (Å²) in [5.74, 6) is -0.734. The van der Waals surface area contributed by atoms with Crippen molar-refractivity contribution >= 4 is 17.1 Å². The molecule has 2 aromatic carbocycles. The molecule has 0 spiro atoms. The molecule has 0 saturated carbocycles. The van der Waals surface area contributed by atoms with Gasteiger partial charge >= 0.3 is 0 Å². The molecule has 28 heavy (non-hydrogen) atoms. The molecule has 0 amide bonds. The van der Waals surface area contributed by atoms with Crippen LogP contribution >= 0.6 is 0 Å². The van der Waals surface area contributed by atoms with E-state index in [1.165, 1.54) is 30.2 Å². The highest BCUT2D eigenvalue weighted by atomic mass is 16.6. The van der Waals surface area contributed by atoms with Gasteiger partial charge in [-0.15, -0.1) is 0 Å². The molecule has 1 fully saturated rings. The maximum atomic E-state index is 11.9. The standard InChI is InChI=1S/C18H20N4O6/c1-28-17-11-13(10-16(18(17)23)22(26)27)12-19-6-8-20(9-7-19)14-2-4-15(5-3-14)21(24)25/h2-5,10-11,23H,6-9,12H2,1H3. The minimum Gasteiger partial charge on any atom is -0.865 e. The summed E-state index contributed by atoms with van der Waals surface area (Å²) in [6, 6.07) is 9.34. The molecule has 0 aromatic heterocycles. The zero-order valence-corrected chi connectivity index (χ0v) is 15.3. The Balaban J connectivity index is 1.65. The SMILES string of the molecule is COc1cc(C[NH+]2CCN(c3ccc([N+](=O)[O-])cc3)CC2)cc([N+](=O)[O-])c1[O-]. The van der Waals surface area contributed by atoms with Crippen molar-refractivity contribution in [3.8, 4) is 11.5 Å². The fourth-order valence-electron chi connectivity index (χ4n) is 3.36. The van der Waals surface area contributed by atoms with E-state index in [-0.39, 0.29) is 11.4 Å². The van der Waals surface area contributed by atoms with Crippen molar-refractivity contribution < 1.29 is 24.6 Å². The molecule has 1 heterocycles. The van der Waals surface area contributed by atoms with Crippen LogP contribution < -0.4 is 19.6 Å². The Morgan fingerprint density at radius 3 is 2.25 bits per heavy atom. The number of piperazine rings is 1. The van der Waals surface area contributed by atoms with E-state index in [4.69, 9.17) is 4.74 Å². The number of benzene rings is 2. The summed E-state index contributed by atoms with van der Waals surface area (Å²) in [6.45, 7) is 3.65. The number of hydrogen-bond donors (Lipinski definition) is 1. The van der Waals surface area contributed by atoms with Crippen LogP contribution in [0.2, 0.25) is 0 Å². The average molecular weight is 388 g/mol. The van der Waals surface area contributed by atoms with Crippen LogP contribution in [-0.2, 0) is 6.54 Å². The highest BCUT2D eigenvalue weighted by molar-refractivity contribution is 5.56. The predicted molar refractivity (Wildman–Crippen MR) is 98.8 cm³/mol. The van der Waals surface area contributed by atoms with Crippen LogP contribution in [0.4, 0.5) is 17.1 Å². The lowest BCUT2D eigenvalue weighted by Crippen LogP contribution is -3.13. The summed E-state index contributed by atoms with van der Waals surface area (Å²) in [4.78, 5) is 24.1. The van der Waals surface area contributed by atoms with Crippen molar-refractivity contribution in [1.82, 2.24) is 0 Å². The first-order valence-corrected chi connectivity index (χ1v) is 8.74. The van der Waals surface area contributed by atoms with Gasteiger partial charge in [0.1, 0.15) is 12.3 Å². The lowest BCUT2D eigenvalue weighted by Gasteiger charge is -2.33. The van der Waals surface area contributed by atoms with Crippen molar-refractivity contribution in [1.29, 1.82) is 0 Å². The predicted octanol–water partition coefficient (Wildman–Crippen LogP) is 0.490. The van der Waals surface area contributed by atoms with Gasteiger partial charge in [-0.2, -0.15) is 0 Å². The molecule has 10 nitrogen and oxygen atoms in total. The van der Waals surface area contributed by atoms with E-state index >= 15 is 0 Å². The number of methoxy groups -OCH3 is 1. The summed E-state index contributed by atoms with van der Waals surface area (Å²) in [6.07, 6.45) is 0. The van der Waals surface area contributed by atoms with E-state index in [0.717, 1.165) is 31.9 Å². The summed E-state index contributed by atoms with van der Waals surface area (Å²) < 4.78 is 4.98. The maximum Gasteiger partial charge on any atom is 0.269 e. The van der Waals surface area contributed by atoms with Gasteiger partial charge in [0, 0.05) is 35.2 Å². The van der Waals surface area contributed by atoms with Crippen LogP contribution in [-0.4, -0.2) is 43.1 Å². The van der Waals surface area contributed by atoms with Crippen molar-refractivity contribution in [3.05, 3.63) is 62.2 Å². The summed E-state index contributed by atoms with van der Waals surface area (Å²) >= 11 is 0. The van der Waals surface area contributed by atoms with Gasteiger partial charge in [-0.05, 0) is 18.2 Å². The Hall–Kier alpha value is -3.40. The molecule has 0 bridgehead atoms. The van der Waals surface area contributed by atoms with Crippen LogP contribution in [0.3, 0.4) is 0 Å². The van der Waals surface area contributed by atoms with Gasteiger partial charge < -0.3 is 19.6 Å². The van der Waals surface area contributed by atoms with E-state index in [1.54, 1.807) is 18.2 Å². The quantitative estimate of drug-likeness (QED) is 0.564. The minimum absolute atomic E-state index is 0.0203. The molecule has 1 aliphatic heterocycles. The number of ether oxygens (including phenoxy) is 1. The summed E-state index contributed by atoms with van der Waals surface area (Å²) in [5.41, 5.74) is 1.20. The van der Waals surface area contributed by atoms with E-state index in [1.807, 2.05) is 0 Å². The van der Waals surface area contributed by atoms with Gasteiger partial charge in [-0.1, -0.05) is 0 Å². The van der Waals surface area contributed by atoms with Crippen molar-refractivity contribution in [2.75, 3.05) is 38.2 Å². The maximum absolute atomic E-state index is 11.9. The normalized spacial score (nSPS) is 14.7.